The van der Waals surface area contributed by atoms with Crippen molar-refractivity contribution in [3.05, 3.63) is 91.1 Å². The Bertz CT molecular complexity index is 2200. The van der Waals surface area contributed by atoms with Gasteiger partial charge in [-0.1, -0.05) is 55.4 Å². The number of nitrogens with zero attached hydrogens (tertiary/aromatic N) is 5. The Morgan fingerprint density at radius 3 is 1.20 bits per heavy atom. The second-order valence-electron chi connectivity index (χ2n) is 21.3. The minimum atomic E-state index is -3.78. The van der Waals surface area contributed by atoms with Gasteiger partial charge in [-0.15, -0.1) is 0 Å². The zero-order valence-corrected chi connectivity index (χ0v) is 57.9. The number of aryl methyl sites for hydroxylation is 7. The largest absolute Gasteiger partial charge is 0.481 e. The van der Waals surface area contributed by atoms with Gasteiger partial charge in [0.15, 0.2) is 6.42 Å². The molecule has 0 unspecified atom stereocenters. The van der Waals surface area contributed by atoms with Gasteiger partial charge in [-0.2, -0.15) is 55.5 Å². The monoisotopic (exact) mass is 1280 g/mol. The molecule has 5 aromatic heterocycles. The number of aliphatic carboxylic acids is 1. The quantitative estimate of drug-likeness (QED) is 0.0106. The van der Waals surface area contributed by atoms with Crippen molar-refractivity contribution in [3.63, 3.8) is 0 Å². The third-order valence-corrected chi connectivity index (χ3v) is 16.2. The number of carbonyl (C=O) groups is 1. The number of aromatic amines is 5. The standard InChI is InChI=1S/C12H22N2OS.C10H20O3S.C9H12N4.C9H21NOS.C9H20O4S2.2C5H8N2/c1-11(2)10-15-7-3-8-16-9-4-12-13-5-6-14-12;1-9(2)8-13-5-3-6-14-7-4-10(11)12;1-12-5-3-10-8(12)7-9-11-4-6-13(9)2;1-9(2)8-11-5-3-6-12-7-4-10;1-9(2)8-13-4-3-5-14-6-7-15(10,11)12;2*1-5-6-3-4-7(5)2/h5-6,11H,3-4,7-10H2,1-2H3,(H,13,14);9H,3-8H2,1-2H3,(H,11,12);3-6H,7H2,1-2H3;9H,3-8,10H2,1-2H3;9H,3-8H2,1-2H3,(H,10,11,12);2*3-4H,1-2H3/p+4. The first-order valence-electron chi connectivity index (χ1n) is 29.5. The lowest BCUT2D eigenvalue weighted by molar-refractivity contribution is -0.690. The van der Waals surface area contributed by atoms with Crippen LogP contribution in [0.2, 0.25) is 0 Å². The lowest BCUT2D eigenvalue weighted by Crippen LogP contribution is -2.35. The third kappa shape index (κ3) is 57.7. The Morgan fingerprint density at radius 2 is 0.917 bits per heavy atom. The molecule has 5 heterocycles. The Morgan fingerprint density at radius 1 is 0.548 bits per heavy atom. The molecule has 0 aliphatic carbocycles. The fraction of sp³-hybridized carbons (Fsp3) is 0.729. The van der Waals surface area contributed by atoms with Crippen LogP contribution in [0.25, 0.3) is 0 Å². The molecule has 25 heteroatoms. The zero-order valence-electron chi connectivity index (χ0n) is 53.9. The highest BCUT2D eigenvalue weighted by Gasteiger charge is 2.15. The maximum absolute atomic E-state index is 10.4. The van der Waals surface area contributed by atoms with Crippen molar-refractivity contribution in [1.29, 1.82) is 0 Å². The summed E-state index contributed by atoms with van der Waals surface area (Å²) in [6.45, 7) is 28.7. The molecule has 0 aliphatic rings. The molecule has 486 valence electrons. The number of H-pyrrole nitrogens is 5. The van der Waals surface area contributed by atoms with Gasteiger partial charge in [-0.05, 0) is 72.4 Å². The number of ether oxygens (including phenoxy) is 4. The maximum Gasteiger partial charge on any atom is 0.304 e. The van der Waals surface area contributed by atoms with Crippen LogP contribution in [-0.4, -0.2) is 165 Å². The van der Waals surface area contributed by atoms with Crippen molar-refractivity contribution in [1.82, 2.24) is 29.9 Å². The minimum absolute atomic E-state index is 0.162. The van der Waals surface area contributed by atoms with Crippen LogP contribution in [0.3, 0.4) is 0 Å². The van der Waals surface area contributed by atoms with Gasteiger partial charge in [0.1, 0.15) is 55.4 Å². The molecule has 20 nitrogen and oxygen atoms in total. The smallest absolute Gasteiger partial charge is 0.304 e. The summed E-state index contributed by atoms with van der Waals surface area (Å²) in [5.74, 6) is 15.0. The average Bonchev–Trinajstić information content (AvgIpc) is 4.40. The van der Waals surface area contributed by atoms with E-state index in [1.54, 1.807) is 18.0 Å². The number of rotatable bonds is 37. The lowest BCUT2D eigenvalue weighted by atomic mass is 10.2. The molecule has 0 aliphatic heterocycles. The first-order chi connectivity index (χ1) is 40.0. The number of nitrogens with two attached hydrogens (primary N) is 1. The molecule has 0 amide bonds. The highest BCUT2D eigenvalue weighted by Crippen LogP contribution is 2.08. The molecule has 84 heavy (non-hydrogen) atoms. The minimum Gasteiger partial charge on any atom is -0.481 e. The van der Waals surface area contributed by atoms with E-state index in [9.17, 15) is 13.2 Å². The molecule has 0 bridgehead atoms. The summed E-state index contributed by atoms with van der Waals surface area (Å²) in [4.78, 5) is 29.9. The Balaban J connectivity index is 0. The zero-order chi connectivity index (χ0) is 63.2. The van der Waals surface area contributed by atoms with Crippen LogP contribution in [0.5, 0.6) is 0 Å². The van der Waals surface area contributed by atoms with E-state index in [0.29, 0.717) is 35.2 Å². The van der Waals surface area contributed by atoms with E-state index in [4.69, 9.17) is 34.3 Å². The van der Waals surface area contributed by atoms with Gasteiger partial charge in [0.2, 0.25) is 0 Å². The molecule has 5 rings (SSSR count). The molecular weight excluding hydrogens is 1170 g/mol. The maximum atomic E-state index is 10.4. The normalized spacial score (nSPS) is 10.9. The van der Waals surface area contributed by atoms with Gasteiger partial charge in [-0.25, -0.2) is 43.2 Å². The predicted octanol–water partition coefficient (Wildman–Crippen LogP) is 8.29. The summed E-state index contributed by atoms with van der Waals surface area (Å²) >= 11 is 7.08. The van der Waals surface area contributed by atoms with Crippen LogP contribution < -0.4 is 24.0 Å². The number of nitrogens with one attached hydrogen (secondary N) is 5. The second-order valence-corrected chi connectivity index (χ2v) is 27.7. The molecule has 0 spiro atoms. The van der Waals surface area contributed by atoms with Crippen molar-refractivity contribution in [2.75, 3.05) is 111 Å². The van der Waals surface area contributed by atoms with Gasteiger partial charge in [-0.3, -0.25) is 9.35 Å². The Kier molecular flexibility index (Phi) is 55.3. The van der Waals surface area contributed by atoms with Crippen LogP contribution in [0, 0.1) is 37.5 Å². The van der Waals surface area contributed by atoms with Crippen LogP contribution >= 0.6 is 47.0 Å². The highest BCUT2D eigenvalue weighted by atomic mass is 32.2. The molecule has 9 N–H and O–H groups in total. The molecule has 0 saturated heterocycles. The molecule has 0 fully saturated rings. The van der Waals surface area contributed by atoms with Crippen LogP contribution in [-0.2, 0) is 74.9 Å². The van der Waals surface area contributed by atoms with E-state index < -0.39 is 16.1 Å². The summed E-state index contributed by atoms with van der Waals surface area (Å²) in [6, 6.07) is 0. The molecule has 0 saturated carbocycles. The SMILES string of the molecule is CC(C)COCCCSCCC(=O)O.CC(C)COCCCSCCN.CC(C)COCCCSCCS(=O)(=O)O.CC(C)COCCCSCCc1ncc[nH]1.C[n+]1cc[nH]c1Cc1[nH]cc[n+]1C.Cc1[nH]cc[n+]1C.Cc1[nH]cc[n+]1C. The molecular formula is C59H115N11O9S5+4. The van der Waals surface area contributed by atoms with Crippen molar-refractivity contribution >= 4 is 63.1 Å². The number of thioether (sulfide) groups is 4. The van der Waals surface area contributed by atoms with Gasteiger partial charge in [0.05, 0.1) is 40.4 Å². The summed E-state index contributed by atoms with van der Waals surface area (Å²) in [5.41, 5.74) is 5.36. The first kappa shape index (κ1) is 82.7. The van der Waals surface area contributed by atoms with Crippen molar-refractivity contribution in [2.24, 2.45) is 57.6 Å². The van der Waals surface area contributed by atoms with E-state index in [2.05, 4.69) is 94.4 Å². The van der Waals surface area contributed by atoms with Crippen LogP contribution in [0.4, 0.5) is 0 Å². The van der Waals surface area contributed by atoms with E-state index >= 15 is 0 Å². The number of aromatic nitrogens is 10. The number of hydrogen-bond donors (Lipinski definition) is 8. The topological polar surface area (TPSA) is 262 Å². The van der Waals surface area contributed by atoms with Gasteiger partial charge >= 0.3 is 5.97 Å². The Hall–Kier alpha value is -3.37. The van der Waals surface area contributed by atoms with E-state index in [1.807, 2.05) is 130 Å². The predicted molar refractivity (Wildman–Crippen MR) is 351 cm³/mol. The van der Waals surface area contributed by atoms with E-state index in [-0.39, 0.29) is 12.2 Å². The molecule has 0 aromatic carbocycles. The molecule has 0 radical (unpaired) electrons. The van der Waals surface area contributed by atoms with Gasteiger partial charge in [0, 0.05) is 115 Å². The Labute approximate surface area is 524 Å². The summed E-state index contributed by atoms with van der Waals surface area (Å²) in [5, 5.41) is 8.38. The van der Waals surface area contributed by atoms with E-state index in [1.165, 1.54) is 46.6 Å². The average molecular weight is 1280 g/mol. The second kappa shape index (κ2) is 56.2. The third-order valence-electron chi connectivity index (χ3n) is 10.9. The number of carboxylic acid groups (broad SMARTS) is 1. The summed E-state index contributed by atoms with van der Waals surface area (Å²) in [7, 11) is 4.30. The van der Waals surface area contributed by atoms with Crippen molar-refractivity contribution < 1.29 is 60.1 Å². The summed E-state index contributed by atoms with van der Waals surface area (Å²) in [6.07, 6.45) is 25.8. The number of hydrogen-bond acceptors (Lipinski definition) is 13. The number of carboxylic acids is 1. The van der Waals surface area contributed by atoms with Crippen molar-refractivity contribution in [2.45, 2.75) is 114 Å². The van der Waals surface area contributed by atoms with Crippen molar-refractivity contribution in [3.8, 4) is 0 Å². The molecule has 0 atom stereocenters. The van der Waals surface area contributed by atoms with Gasteiger partial charge in [0.25, 0.3) is 33.4 Å². The fourth-order valence-corrected chi connectivity index (χ4v) is 10.3. The fourth-order valence-electron chi connectivity index (χ4n) is 6.10. The number of imidazole rings is 5. The van der Waals surface area contributed by atoms with E-state index in [0.717, 1.165) is 127 Å². The van der Waals surface area contributed by atoms with Gasteiger partial charge < -0.3 is 34.8 Å². The lowest BCUT2D eigenvalue weighted by Gasteiger charge is -2.06. The van der Waals surface area contributed by atoms with Crippen LogP contribution in [0.15, 0.2) is 62.0 Å². The highest BCUT2D eigenvalue weighted by molar-refractivity contribution is 8.00. The van der Waals surface area contributed by atoms with Crippen LogP contribution in [0.1, 0.15) is 117 Å². The summed E-state index contributed by atoms with van der Waals surface area (Å²) < 4.78 is 59.1. The molecule has 5 aromatic rings. The first-order valence-corrected chi connectivity index (χ1v) is 35.7.